The number of hydrogen-bond acceptors (Lipinski definition) is 4. The quantitative estimate of drug-likeness (QED) is 0.873. The predicted molar refractivity (Wildman–Crippen MR) is 75.5 cm³/mol. The van der Waals surface area contributed by atoms with Crippen molar-refractivity contribution in [2.75, 3.05) is 0 Å². The zero-order valence-electron chi connectivity index (χ0n) is 11.8. The number of nitrogens with two attached hydrogens (primary N) is 1. The van der Waals surface area contributed by atoms with E-state index < -0.39 is 16.1 Å². The summed E-state index contributed by atoms with van der Waals surface area (Å²) in [7, 11) is -1.83. The van der Waals surface area contributed by atoms with Crippen LogP contribution in [-0.2, 0) is 23.6 Å². The second-order valence-corrected chi connectivity index (χ2v) is 6.49. The van der Waals surface area contributed by atoms with Crippen molar-refractivity contribution in [2.45, 2.75) is 31.3 Å². The van der Waals surface area contributed by atoms with Crippen molar-refractivity contribution in [3.8, 4) is 0 Å². The van der Waals surface area contributed by atoms with Gasteiger partial charge < -0.3 is 14.7 Å². The highest BCUT2D eigenvalue weighted by Gasteiger charge is 2.22. The van der Waals surface area contributed by atoms with Crippen molar-refractivity contribution in [2.24, 2.45) is 12.8 Å². The fourth-order valence-corrected chi connectivity index (χ4v) is 3.28. The number of aryl methyl sites for hydroxylation is 2. The molecule has 0 bridgehead atoms. The third-order valence-corrected chi connectivity index (χ3v) is 4.63. The first-order valence-electron chi connectivity index (χ1n) is 6.27. The van der Waals surface area contributed by atoms with Gasteiger partial charge in [0.05, 0.1) is 10.9 Å². The molecule has 2 rings (SSSR count). The zero-order valence-corrected chi connectivity index (χ0v) is 12.6. The van der Waals surface area contributed by atoms with Gasteiger partial charge in [0.2, 0.25) is 10.0 Å². The molecule has 0 saturated carbocycles. The summed E-state index contributed by atoms with van der Waals surface area (Å²) >= 11 is 0. The number of furan rings is 1. The lowest BCUT2D eigenvalue weighted by Crippen LogP contribution is -2.26. The molecule has 0 aliphatic carbocycles. The third kappa shape index (κ3) is 2.95. The summed E-state index contributed by atoms with van der Waals surface area (Å²) in [5, 5.41) is 0. The molecule has 110 valence electrons. The summed E-state index contributed by atoms with van der Waals surface area (Å²) < 4.78 is 34.3. The summed E-state index contributed by atoms with van der Waals surface area (Å²) in [6.45, 7) is 3.84. The number of hydrogen-bond donors (Lipinski definition) is 2. The van der Waals surface area contributed by atoms with Crippen LogP contribution in [0.3, 0.4) is 0 Å². The van der Waals surface area contributed by atoms with Crippen LogP contribution >= 0.6 is 0 Å². The predicted octanol–water partition coefficient (Wildman–Crippen LogP) is 1.42. The highest BCUT2D eigenvalue weighted by atomic mass is 32.2. The van der Waals surface area contributed by atoms with Crippen LogP contribution < -0.4 is 10.5 Å². The molecule has 0 aliphatic heterocycles. The van der Waals surface area contributed by atoms with E-state index in [4.69, 9.17) is 10.2 Å². The summed E-state index contributed by atoms with van der Waals surface area (Å²) in [6.07, 6.45) is 1.55. The summed E-state index contributed by atoms with van der Waals surface area (Å²) in [5.41, 5.74) is 6.31. The lowest BCUT2D eigenvalue weighted by molar-refractivity contribution is 0.441. The highest BCUT2D eigenvalue weighted by molar-refractivity contribution is 7.89. The van der Waals surface area contributed by atoms with Gasteiger partial charge in [-0.1, -0.05) is 0 Å². The Morgan fingerprint density at radius 3 is 2.65 bits per heavy atom. The van der Waals surface area contributed by atoms with Crippen LogP contribution in [0.1, 0.15) is 30.2 Å². The minimum absolute atomic E-state index is 0.204. The topological polar surface area (TPSA) is 90.3 Å². The van der Waals surface area contributed by atoms with Crippen LogP contribution in [0, 0.1) is 6.92 Å². The van der Waals surface area contributed by atoms with Crippen molar-refractivity contribution in [1.29, 1.82) is 0 Å². The highest BCUT2D eigenvalue weighted by Crippen LogP contribution is 2.20. The van der Waals surface area contributed by atoms with Crippen LogP contribution in [0.2, 0.25) is 0 Å². The average Bonchev–Trinajstić information content (AvgIpc) is 2.95. The maximum absolute atomic E-state index is 12.3. The SMILES string of the molecule is Cc1ccc(C(C)NS(=O)(=O)c2cc(CN)n(C)c2)o1. The van der Waals surface area contributed by atoms with Gasteiger partial charge in [0, 0.05) is 25.5 Å². The average molecular weight is 297 g/mol. The van der Waals surface area contributed by atoms with Gasteiger partial charge >= 0.3 is 0 Å². The summed E-state index contributed by atoms with van der Waals surface area (Å²) in [5.74, 6) is 1.33. The first kappa shape index (κ1) is 14.8. The Labute approximate surface area is 118 Å². The third-order valence-electron chi connectivity index (χ3n) is 3.12. The maximum Gasteiger partial charge on any atom is 0.242 e. The van der Waals surface area contributed by atoms with E-state index in [0.717, 1.165) is 11.5 Å². The van der Waals surface area contributed by atoms with Crippen LogP contribution in [0.15, 0.2) is 33.7 Å². The van der Waals surface area contributed by atoms with Gasteiger partial charge in [-0.05, 0) is 32.0 Å². The zero-order chi connectivity index (χ0) is 14.9. The molecule has 2 aromatic rings. The van der Waals surface area contributed by atoms with Crippen molar-refractivity contribution in [3.63, 3.8) is 0 Å². The van der Waals surface area contributed by atoms with Crippen molar-refractivity contribution in [3.05, 3.63) is 41.6 Å². The fourth-order valence-electron chi connectivity index (χ4n) is 1.97. The fraction of sp³-hybridized carbons (Fsp3) is 0.385. The van der Waals surface area contributed by atoms with Crippen LogP contribution in [0.25, 0.3) is 0 Å². The minimum Gasteiger partial charge on any atom is -0.465 e. The molecule has 1 atom stereocenters. The normalized spacial score (nSPS) is 13.6. The van der Waals surface area contributed by atoms with Crippen LogP contribution in [0.5, 0.6) is 0 Å². The van der Waals surface area contributed by atoms with E-state index >= 15 is 0 Å². The molecule has 2 aromatic heterocycles. The summed E-state index contributed by atoms with van der Waals surface area (Å²) in [4.78, 5) is 0.204. The van der Waals surface area contributed by atoms with Gasteiger partial charge in [0.1, 0.15) is 11.5 Å². The van der Waals surface area contributed by atoms with E-state index in [1.165, 1.54) is 0 Å². The molecule has 0 spiro atoms. The Bertz CT molecular complexity index is 700. The number of rotatable bonds is 5. The second kappa shape index (κ2) is 5.43. The van der Waals surface area contributed by atoms with Gasteiger partial charge in [-0.2, -0.15) is 0 Å². The molecule has 20 heavy (non-hydrogen) atoms. The summed E-state index contributed by atoms with van der Waals surface area (Å²) in [6, 6.07) is 4.70. The number of nitrogens with zero attached hydrogens (tertiary/aromatic N) is 1. The molecule has 7 heteroatoms. The van der Waals surface area contributed by atoms with Gasteiger partial charge in [0.25, 0.3) is 0 Å². The van der Waals surface area contributed by atoms with Gasteiger partial charge in [-0.25, -0.2) is 13.1 Å². The van der Waals surface area contributed by atoms with Gasteiger partial charge in [-0.3, -0.25) is 0 Å². The number of sulfonamides is 1. The Morgan fingerprint density at radius 1 is 1.45 bits per heavy atom. The Balaban J connectivity index is 2.22. The van der Waals surface area contributed by atoms with E-state index in [1.807, 2.05) is 6.92 Å². The maximum atomic E-state index is 12.3. The molecule has 0 fully saturated rings. The van der Waals surface area contributed by atoms with Crippen molar-refractivity contribution < 1.29 is 12.8 Å². The molecule has 6 nitrogen and oxygen atoms in total. The molecule has 3 N–H and O–H groups in total. The number of nitrogens with one attached hydrogen (secondary N) is 1. The lowest BCUT2D eigenvalue weighted by atomic mass is 10.3. The lowest BCUT2D eigenvalue weighted by Gasteiger charge is -2.11. The van der Waals surface area contributed by atoms with E-state index in [0.29, 0.717) is 12.3 Å². The van der Waals surface area contributed by atoms with Crippen molar-refractivity contribution >= 4 is 10.0 Å². The molecular formula is C13H19N3O3S. The molecule has 0 saturated heterocycles. The Morgan fingerprint density at radius 2 is 2.15 bits per heavy atom. The smallest absolute Gasteiger partial charge is 0.242 e. The van der Waals surface area contributed by atoms with E-state index in [9.17, 15) is 8.42 Å². The van der Waals surface area contributed by atoms with E-state index in [-0.39, 0.29) is 4.90 Å². The molecule has 1 unspecified atom stereocenters. The largest absolute Gasteiger partial charge is 0.465 e. The minimum atomic E-state index is -3.60. The second-order valence-electron chi connectivity index (χ2n) is 4.77. The Hall–Kier alpha value is -1.57. The molecule has 0 aromatic carbocycles. The van der Waals surface area contributed by atoms with Gasteiger partial charge in [0.15, 0.2) is 0 Å². The molecular weight excluding hydrogens is 278 g/mol. The van der Waals surface area contributed by atoms with Crippen LogP contribution in [-0.4, -0.2) is 13.0 Å². The molecule has 0 radical (unpaired) electrons. The van der Waals surface area contributed by atoms with E-state index in [2.05, 4.69) is 4.72 Å². The number of aromatic nitrogens is 1. The van der Waals surface area contributed by atoms with E-state index in [1.54, 1.807) is 42.9 Å². The molecule has 0 aliphatic rings. The molecule has 0 amide bonds. The standard InChI is InChI=1S/C13H19N3O3S/c1-9-4-5-13(19-9)10(2)15-20(17,18)12-6-11(7-14)16(3)8-12/h4-6,8,10,15H,7,14H2,1-3H3. The van der Waals surface area contributed by atoms with Crippen molar-refractivity contribution in [1.82, 2.24) is 9.29 Å². The van der Waals surface area contributed by atoms with Gasteiger partial charge in [-0.15, -0.1) is 0 Å². The molecule has 2 heterocycles. The van der Waals surface area contributed by atoms with Crippen LogP contribution in [0.4, 0.5) is 0 Å². The Kier molecular flexibility index (Phi) is 4.03. The first-order valence-corrected chi connectivity index (χ1v) is 7.76. The monoisotopic (exact) mass is 297 g/mol. The first-order chi connectivity index (χ1) is 9.33.